The number of aryl methyl sites for hydroxylation is 2. The van der Waals surface area contributed by atoms with Crippen molar-refractivity contribution < 1.29 is 0 Å². The average Bonchev–Trinajstić information content (AvgIpc) is 3.27. The van der Waals surface area contributed by atoms with Gasteiger partial charge in [0.2, 0.25) is 0 Å². The number of halogens is 1. The highest BCUT2D eigenvalue weighted by Gasteiger charge is 2.07. The first-order valence-electron chi connectivity index (χ1n) is 8.68. The molecule has 0 saturated heterocycles. The number of thiazole rings is 1. The third-order valence-electron chi connectivity index (χ3n) is 3.94. The highest BCUT2D eigenvalue weighted by atomic mass is 127. The van der Waals surface area contributed by atoms with Crippen LogP contribution in [0.3, 0.4) is 0 Å². The van der Waals surface area contributed by atoms with Crippen molar-refractivity contribution in [2.75, 3.05) is 6.54 Å². The van der Waals surface area contributed by atoms with E-state index in [9.17, 15) is 0 Å². The number of para-hydroxylation sites is 1. The fourth-order valence-corrected chi connectivity index (χ4v) is 3.58. The molecular formula is C19H25IN6S. The maximum absolute atomic E-state index is 4.75. The molecule has 3 aromatic rings. The minimum absolute atomic E-state index is 0. The zero-order chi connectivity index (χ0) is 18.4. The highest BCUT2D eigenvalue weighted by molar-refractivity contribution is 14.0. The van der Waals surface area contributed by atoms with Gasteiger partial charge < -0.3 is 15.2 Å². The number of hydrogen-bond acceptors (Lipinski definition) is 4. The third kappa shape index (κ3) is 5.77. The van der Waals surface area contributed by atoms with Gasteiger partial charge in [-0.25, -0.2) is 15.0 Å². The van der Waals surface area contributed by atoms with Gasteiger partial charge in [0.15, 0.2) is 5.96 Å². The van der Waals surface area contributed by atoms with Gasteiger partial charge in [0.1, 0.15) is 0 Å². The van der Waals surface area contributed by atoms with E-state index >= 15 is 0 Å². The number of rotatable bonds is 6. The second kappa shape index (κ2) is 10.4. The van der Waals surface area contributed by atoms with E-state index in [1.807, 2.05) is 36.7 Å². The molecule has 144 valence electrons. The lowest BCUT2D eigenvalue weighted by molar-refractivity contribution is 0.817. The molecule has 0 saturated carbocycles. The number of guanidine groups is 1. The molecule has 0 aliphatic heterocycles. The number of benzene rings is 1. The molecule has 2 heterocycles. The van der Waals surface area contributed by atoms with Crippen LogP contribution >= 0.6 is 35.3 Å². The summed E-state index contributed by atoms with van der Waals surface area (Å²) in [6.45, 7) is 8.28. The lowest BCUT2D eigenvalue weighted by Crippen LogP contribution is -2.36. The standard InChI is InChI=1S/C19H24N6S.HI/c1-4-21-19(23-12-18-14(2)24-15(3)26-18)22-11-16-7-5-6-8-17(16)25-10-9-20-13-25;/h5-10,13H,4,11-12H2,1-3H3,(H2,21,22,23);1H. The van der Waals surface area contributed by atoms with Gasteiger partial charge in [-0.2, -0.15) is 0 Å². The monoisotopic (exact) mass is 496 g/mol. The van der Waals surface area contributed by atoms with Crippen LogP contribution in [0.15, 0.2) is 48.0 Å². The molecule has 6 nitrogen and oxygen atoms in total. The van der Waals surface area contributed by atoms with Crippen molar-refractivity contribution in [3.8, 4) is 5.69 Å². The maximum atomic E-state index is 4.75. The van der Waals surface area contributed by atoms with Crippen LogP contribution < -0.4 is 10.6 Å². The van der Waals surface area contributed by atoms with Gasteiger partial charge in [-0.1, -0.05) is 18.2 Å². The van der Waals surface area contributed by atoms with Gasteiger partial charge in [-0.3, -0.25) is 0 Å². The summed E-state index contributed by atoms with van der Waals surface area (Å²) in [6.07, 6.45) is 5.53. The molecular weight excluding hydrogens is 471 g/mol. The number of nitrogens with one attached hydrogen (secondary N) is 2. The Morgan fingerprint density at radius 2 is 2.04 bits per heavy atom. The first-order valence-corrected chi connectivity index (χ1v) is 9.50. The van der Waals surface area contributed by atoms with Crippen LogP contribution in [0.5, 0.6) is 0 Å². The van der Waals surface area contributed by atoms with E-state index < -0.39 is 0 Å². The van der Waals surface area contributed by atoms with E-state index in [-0.39, 0.29) is 24.0 Å². The summed E-state index contributed by atoms with van der Waals surface area (Å²) in [7, 11) is 0. The number of imidazole rings is 1. The van der Waals surface area contributed by atoms with Crippen LogP contribution in [0, 0.1) is 13.8 Å². The van der Waals surface area contributed by atoms with Crippen molar-refractivity contribution >= 4 is 41.3 Å². The zero-order valence-corrected chi connectivity index (χ0v) is 18.9. The van der Waals surface area contributed by atoms with Gasteiger partial charge >= 0.3 is 0 Å². The molecule has 0 radical (unpaired) electrons. The molecule has 2 aromatic heterocycles. The second-order valence-corrected chi connectivity index (χ2v) is 7.18. The summed E-state index contributed by atoms with van der Waals surface area (Å²) in [5.41, 5.74) is 3.33. The summed E-state index contributed by atoms with van der Waals surface area (Å²) < 4.78 is 2.01. The Kier molecular flexibility index (Phi) is 8.23. The van der Waals surface area contributed by atoms with Crippen LogP contribution in [0.4, 0.5) is 0 Å². The van der Waals surface area contributed by atoms with Gasteiger partial charge in [-0.05, 0) is 32.4 Å². The molecule has 0 fully saturated rings. The maximum Gasteiger partial charge on any atom is 0.191 e. The zero-order valence-electron chi connectivity index (χ0n) is 15.8. The van der Waals surface area contributed by atoms with E-state index in [2.05, 4.69) is 39.7 Å². The molecule has 2 N–H and O–H groups in total. The lowest BCUT2D eigenvalue weighted by Gasteiger charge is -2.12. The minimum atomic E-state index is 0. The molecule has 0 spiro atoms. The second-order valence-electron chi connectivity index (χ2n) is 5.89. The first kappa shape index (κ1) is 21.4. The summed E-state index contributed by atoms with van der Waals surface area (Å²) in [5, 5.41) is 7.81. The van der Waals surface area contributed by atoms with Crippen molar-refractivity contribution in [2.45, 2.75) is 33.9 Å². The fourth-order valence-electron chi connectivity index (χ4n) is 2.71. The molecule has 0 aliphatic rings. The SMILES string of the molecule is CCNC(=NCc1ccccc1-n1ccnc1)NCc1sc(C)nc1C.I. The largest absolute Gasteiger partial charge is 0.357 e. The van der Waals surface area contributed by atoms with Crippen LogP contribution in [-0.2, 0) is 13.1 Å². The molecule has 3 rings (SSSR count). The Morgan fingerprint density at radius 3 is 2.70 bits per heavy atom. The van der Waals surface area contributed by atoms with E-state index in [0.717, 1.165) is 41.0 Å². The van der Waals surface area contributed by atoms with Gasteiger partial charge in [0.25, 0.3) is 0 Å². The molecule has 8 heteroatoms. The van der Waals surface area contributed by atoms with Crippen molar-refractivity contribution in [3.05, 3.63) is 64.1 Å². The van der Waals surface area contributed by atoms with Crippen LogP contribution in [0.25, 0.3) is 5.69 Å². The van der Waals surface area contributed by atoms with Gasteiger partial charge in [-0.15, -0.1) is 35.3 Å². The Morgan fingerprint density at radius 1 is 1.22 bits per heavy atom. The van der Waals surface area contributed by atoms with Gasteiger partial charge in [0, 0.05) is 23.8 Å². The summed E-state index contributed by atoms with van der Waals surface area (Å²) in [6, 6.07) is 8.24. The van der Waals surface area contributed by atoms with Crippen LogP contribution in [0.2, 0.25) is 0 Å². The van der Waals surface area contributed by atoms with Crippen LogP contribution in [0.1, 0.15) is 28.1 Å². The first-order chi connectivity index (χ1) is 12.7. The number of nitrogens with zero attached hydrogens (tertiary/aromatic N) is 4. The predicted octanol–water partition coefficient (Wildman–Crippen LogP) is 3.82. The Labute approximate surface area is 181 Å². The van der Waals surface area contributed by atoms with Crippen molar-refractivity contribution in [3.63, 3.8) is 0 Å². The van der Waals surface area contributed by atoms with Crippen molar-refractivity contribution in [1.82, 2.24) is 25.2 Å². The van der Waals surface area contributed by atoms with E-state index in [1.165, 1.54) is 4.88 Å². The predicted molar refractivity (Wildman–Crippen MR) is 122 cm³/mol. The molecule has 0 unspecified atom stereocenters. The van der Waals surface area contributed by atoms with E-state index in [1.54, 1.807) is 23.9 Å². The quantitative estimate of drug-likeness (QED) is 0.310. The topological polar surface area (TPSA) is 67.1 Å². The van der Waals surface area contributed by atoms with Crippen molar-refractivity contribution in [2.24, 2.45) is 4.99 Å². The summed E-state index contributed by atoms with van der Waals surface area (Å²) in [5.74, 6) is 0.804. The summed E-state index contributed by atoms with van der Waals surface area (Å²) >= 11 is 1.72. The lowest BCUT2D eigenvalue weighted by atomic mass is 10.2. The smallest absolute Gasteiger partial charge is 0.191 e. The number of aliphatic imine (C=N–C) groups is 1. The molecule has 27 heavy (non-hydrogen) atoms. The Bertz CT molecular complexity index is 872. The normalized spacial score (nSPS) is 11.1. The van der Waals surface area contributed by atoms with Gasteiger partial charge in [0.05, 0.1) is 35.8 Å². The molecule has 0 bridgehead atoms. The molecule has 0 aliphatic carbocycles. The highest BCUT2D eigenvalue weighted by Crippen LogP contribution is 2.17. The molecule has 1 aromatic carbocycles. The Balaban J connectivity index is 0.00000261. The average molecular weight is 496 g/mol. The van der Waals surface area contributed by atoms with Crippen molar-refractivity contribution in [1.29, 1.82) is 0 Å². The van der Waals surface area contributed by atoms with E-state index in [4.69, 9.17) is 4.99 Å². The minimum Gasteiger partial charge on any atom is -0.357 e. The third-order valence-corrected chi connectivity index (χ3v) is 5.01. The Hall–Kier alpha value is -1.94. The summed E-state index contributed by atoms with van der Waals surface area (Å²) in [4.78, 5) is 14.6. The fraction of sp³-hybridized carbons (Fsp3) is 0.316. The van der Waals surface area contributed by atoms with Crippen LogP contribution in [-0.4, -0.2) is 27.0 Å². The molecule has 0 atom stereocenters. The molecule has 0 amide bonds. The number of hydrogen-bond donors (Lipinski definition) is 2. The number of aromatic nitrogens is 3. The van der Waals surface area contributed by atoms with E-state index in [0.29, 0.717) is 6.54 Å².